The number of anilines is 2. The molecule has 0 bridgehead atoms. The van der Waals surface area contributed by atoms with Crippen LogP contribution in [0.3, 0.4) is 0 Å². The van der Waals surface area contributed by atoms with Crippen LogP contribution >= 0.6 is 0 Å². The lowest BCUT2D eigenvalue weighted by molar-refractivity contribution is 0.140. The van der Waals surface area contributed by atoms with Crippen molar-refractivity contribution in [1.82, 2.24) is 19.5 Å². The summed E-state index contributed by atoms with van der Waals surface area (Å²) >= 11 is 0. The highest BCUT2D eigenvalue weighted by atomic mass is 16.5. The first kappa shape index (κ1) is 15.9. The molecule has 0 saturated carbocycles. The van der Waals surface area contributed by atoms with Gasteiger partial charge in [-0.2, -0.15) is 5.10 Å². The molecular weight excluding hydrogens is 316 g/mol. The Morgan fingerprint density at radius 2 is 1.92 bits per heavy atom. The first-order valence-corrected chi connectivity index (χ1v) is 8.49. The Hall–Kier alpha value is -2.64. The van der Waals surface area contributed by atoms with Crippen LogP contribution in [0.2, 0.25) is 0 Å². The molecule has 3 aromatic rings. The Morgan fingerprint density at radius 3 is 2.76 bits per heavy atom. The lowest BCUT2D eigenvalue weighted by atomic mass is 10.1. The molecule has 7 nitrogen and oxygen atoms in total. The van der Waals surface area contributed by atoms with Crippen molar-refractivity contribution in [2.45, 2.75) is 13.0 Å². The maximum atomic E-state index is 6.17. The molecule has 1 aliphatic rings. The Bertz CT molecular complexity index is 865. The van der Waals surface area contributed by atoms with Crippen LogP contribution < -0.4 is 11.5 Å². The summed E-state index contributed by atoms with van der Waals surface area (Å²) < 4.78 is 7.45. The van der Waals surface area contributed by atoms with Gasteiger partial charge in [-0.1, -0.05) is 12.1 Å². The molecule has 0 unspecified atom stereocenters. The lowest BCUT2D eigenvalue weighted by Crippen LogP contribution is -2.26. The van der Waals surface area contributed by atoms with Gasteiger partial charge in [-0.05, 0) is 30.2 Å². The lowest BCUT2D eigenvalue weighted by Gasteiger charge is -2.18. The molecule has 0 radical (unpaired) electrons. The van der Waals surface area contributed by atoms with E-state index in [1.165, 1.54) is 6.33 Å². The molecule has 130 valence electrons. The van der Waals surface area contributed by atoms with Gasteiger partial charge in [0.15, 0.2) is 5.82 Å². The van der Waals surface area contributed by atoms with E-state index in [0.717, 1.165) is 67.3 Å². The van der Waals surface area contributed by atoms with E-state index >= 15 is 0 Å². The van der Waals surface area contributed by atoms with Crippen LogP contribution in [0.25, 0.3) is 16.6 Å². The highest BCUT2D eigenvalue weighted by molar-refractivity contribution is 5.88. The van der Waals surface area contributed by atoms with Gasteiger partial charge in [0.1, 0.15) is 11.8 Å². The van der Waals surface area contributed by atoms with Gasteiger partial charge >= 0.3 is 0 Å². The maximum absolute atomic E-state index is 6.17. The van der Waals surface area contributed by atoms with Crippen molar-refractivity contribution in [3.8, 4) is 11.1 Å². The topological polar surface area (TPSA) is 94.7 Å². The number of hydrogen-bond donors (Lipinski definition) is 2. The number of rotatable bonds is 3. The largest absolute Gasteiger partial charge is 0.399 e. The highest BCUT2D eigenvalue weighted by Crippen LogP contribution is 2.31. The van der Waals surface area contributed by atoms with Gasteiger partial charge < -0.3 is 16.2 Å². The molecule has 2 aromatic heterocycles. The molecule has 0 amide bonds. The van der Waals surface area contributed by atoms with Crippen molar-refractivity contribution in [2.24, 2.45) is 0 Å². The van der Waals surface area contributed by atoms with Crippen molar-refractivity contribution in [1.29, 1.82) is 0 Å². The van der Waals surface area contributed by atoms with Crippen LogP contribution in [0.1, 0.15) is 12.1 Å². The van der Waals surface area contributed by atoms with Crippen LogP contribution in [0, 0.1) is 0 Å². The summed E-state index contributed by atoms with van der Waals surface area (Å²) in [6, 6.07) is 9.94. The molecular formula is C18H22N6O. The summed E-state index contributed by atoms with van der Waals surface area (Å²) in [5, 5.41) is 4.44. The molecule has 7 heteroatoms. The normalized spacial score (nSPS) is 16.2. The Kier molecular flexibility index (Phi) is 4.25. The van der Waals surface area contributed by atoms with Crippen molar-refractivity contribution in [2.75, 3.05) is 37.8 Å². The second kappa shape index (κ2) is 6.70. The van der Waals surface area contributed by atoms with Gasteiger partial charge in [-0.25, -0.2) is 9.50 Å². The molecule has 4 rings (SSSR count). The van der Waals surface area contributed by atoms with E-state index < -0.39 is 0 Å². The molecule has 1 aliphatic heterocycles. The molecule has 3 heterocycles. The number of fused-ring (bicyclic) bond motifs is 1. The zero-order chi connectivity index (χ0) is 17.2. The fourth-order valence-electron chi connectivity index (χ4n) is 3.31. The average Bonchev–Trinajstić information content (AvgIpc) is 2.79. The summed E-state index contributed by atoms with van der Waals surface area (Å²) in [5.41, 5.74) is 16.7. The van der Waals surface area contributed by atoms with Gasteiger partial charge in [-0.3, -0.25) is 4.90 Å². The number of nitrogens with two attached hydrogens (primary N) is 2. The van der Waals surface area contributed by atoms with Crippen LogP contribution in [-0.4, -0.2) is 45.8 Å². The Morgan fingerprint density at radius 1 is 1.08 bits per heavy atom. The Balaban J connectivity index is 1.77. The van der Waals surface area contributed by atoms with Crippen LogP contribution in [0.5, 0.6) is 0 Å². The van der Waals surface area contributed by atoms with E-state index in [9.17, 15) is 0 Å². The van der Waals surface area contributed by atoms with Gasteiger partial charge in [0, 0.05) is 37.5 Å². The minimum absolute atomic E-state index is 0.479. The third-order valence-corrected chi connectivity index (χ3v) is 4.58. The zero-order valence-electron chi connectivity index (χ0n) is 14.1. The van der Waals surface area contributed by atoms with E-state index in [1.807, 2.05) is 28.8 Å². The predicted octanol–water partition coefficient (Wildman–Crippen LogP) is 1.78. The third kappa shape index (κ3) is 3.16. The summed E-state index contributed by atoms with van der Waals surface area (Å²) in [7, 11) is 0. The molecule has 25 heavy (non-hydrogen) atoms. The highest BCUT2D eigenvalue weighted by Gasteiger charge is 2.18. The SMILES string of the molecule is Nc1ccc(-c2cc(CN3CCCOCC3)n3ncnc(N)c23)cc1. The second-order valence-corrected chi connectivity index (χ2v) is 6.32. The molecule has 1 fully saturated rings. The van der Waals surface area contributed by atoms with Gasteiger partial charge in [0.2, 0.25) is 0 Å². The molecule has 0 spiro atoms. The van der Waals surface area contributed by atoms with E-state index in [4.69, 9.17) is 16.2 Å². The van der Waals surface area contributed by atoms with E-state index in [1.54, 1.807) is 0 Å². The predicted molar refractivity (Wildman–Crippen MR) is 98.0 cm³/mol. The number of nitrogens with zero attached hydrogens (tertiary/aromatic N) is 4. The summed E-state index contributed by atoms with van der Waals surface area (Å²) in [4.78, 5) is 6.56. The fourth-order valence-corrected chi connectivity index (χ4v) is 3.31. The fraction of sp³-hybridized carbons (Fsp3) is 0.333. The first-order valence-electron chi connectivity index (χ1n) is 8.49. The van der Waals surface area contributed by atoms with Gasteiger partial charge in [0.25, 0.3) is 0 Å². The zero-order valence-corrected chi connectivity index (χ0v) is 14.1. The Labute approximate surface area is 146 Å². The smallest absolute Gasteiger partial charge is 0.151 e. The molecule has 1 saturated heterocycles. The third-order valence-electron chi connectivity index (χ3n) is 4.58. The molecule has 1 aromatic carbocycles. The second-order valence-electron chi connectivity index (χ2n) is 6.32. The van der Waals surface area contributed by atoms with Crippen molar-refractivity contribution in [3.05, 3.63) is 42.4 Å². The average molecular weight is 338 g/mol. The summed E-state index contributed by atoms with van der Waals surface area (Å²) in [5.74, 6) is 0.479. The monoisotopic (exact) mass is 338 g/mol. The van der Waals surface area contributed by atoms with Gasteiger partial charge in [0.05, 0.1) is 12.3 Å². The minimum atomic E-state index is 0.479. The minimum Gasteiger partial charge on any atom is -0.399 e. The number of benzene rings is 1. The van der Waals surface area contributed by atoms with Crippen LogP contribution in [0.4, 0.5) is 11.5 Å². The molecule has 0 atom stereocenters. The molecule has 4 N–H and O–H groups in total. The number of nitrogen functional groups attached to an aromatic ring is 2. The van der Waals surface area contributed by atoms with Gasteiger partial charge in [-0.15, -0.1) is 0 Å². The van der Waals surface area contributed by atoms with E-state index in [2.05, 4.69) is 21.0 Å². The number of ether oxygens (including phenoxy) is 1. The number of hydrogen-bond acceptors (Lipinski definition) is 6. The van der Waals surface area contributed by atoms with E-state index in [-0.39, 0.29) is 0 Å². The quantitative estimate of drug-likeness (QED) is 0.707. The van der Waals surface area contributed by atoms with Crippen molar-refractivity contribution < 1.29 is 4.74 Å². The first-order chi connectivity index (χ1) is 12.2. The van der Waals surface area contributed by atoms with Crippen molar-refractivity contribution >= 4 is 17.0 Å². The summed E-state index contributed by atoms with van der Waals surface area (Å²) in [6.07, 6.45) is 2.55. The van der Waals surface area contributed by atoms with Crippen molar-refractivity contribution in [3.63, 3.8) is 0 Å². The molecule has 0 aliphatic carbocycles. The standard InChI is InChI=1S/C18H22N6O/c19-14-4-2-13(3-5-14)16-10-15(11-23-6-1-8-25-9-7-23)24-17(16)18(20)21-12-22-24/h2-5,10,12H,1,6-9,11,19H2,(H2,20,21,22). The van der Waals surface area contributed by atoms with Crippen LogP contribution in [0.15, 0.2) is 36.7 Å². The van der Waals surface area contributed by atoms with E-state index in [0.29, 0.717) is 5.82 Å². The number of aromatic nitrogens is 3. The van der Waals surface area contributed by atoms with Crippen LogP contribution in [-0.2, 0) is 11.3 Å². The maximum Gasteiger partial charge on any atom is 0.151 e. The summed E-state index contributed by atoms with van der Waals surface area (Å²) in [6.45, 7) is 4.34.